The first kappa shape index (κ1) is 25.3. The Morgan fingerprint density at radius 2 is 1.84 bits per heavy atom. The molecule has 2 rings (SSSR count). The summed E-state index contributed by atoms with van der Waals surface area (Å²) >= 11 is 0. The minimum absolute atomic E-state index is 0.0264. The van der Waals surface area contributed by atoms with Gasteiger partial charge in [0.25, 0.3) is 0 Å². The zero-order valence-corrected chi connectivity index (χ0v) is 18.1. The first-order chi connectivity index (χ1) is 14.8. The van der Waals surface area contributed by atoms with Gasteiger partial charge in [0.15, 0.2) is 11.6 Å². The molecule has 4 N–H and O–H groups in total. The second-order valence-corrected chi connectivity index (χ2v) is 8.41. The van der Waals surface area contributed by atoms with Crippen LogP contribution in [0.25, 0.3) is 6.08 Å². The van der Waals surface area contributed by atoms with E-state index in [1.54, 1.807) is 12.1 Å². The topological polar surface area (TPSA) is 107 Å². The third-order valence-corrected chi connectivity index (χ3v) is 6.21. The number of aliphatic hydroxyl groups is 3. The van der Waals surface area contributed by atoms with E-state index in [-0.39, 0.29) is 24.0 Å². The van der Waals surface area contributed by atoms with E-state index in [0.29, 0.717) is 31.2 Å². The third kappa shape index (κ3) is 7.91. The highest BCUT2D eigenvalue weighted by atomic mass is 19.1. The van der Waals surface area contributed by atoms with Crippen molar-refractivity contribution in [2.75, 3.05) is 7.11 Å². The van der Waals surface area contributed by atoms with Gasteiger partial charge in [0.2, 0.25) is 0 Å². The lowest BCUT2D eigenvalue weighted by atomic mass is 9.85. The van der Waals surface area contributed by atoms with Crippen molar-refractivity contribution in [3.05, 3.63) is 35.7 Å². The number of aliphatic carboxylic acids is 1. The van der Waals surface area contributed by atoms with Gasteiger partial charge in [0, 0.05) is 12.0 Å². The maximum atomic E-state index is 14.2. The summed E-state index contributed by atoms with van der Waals surface area (Å²) in [6.45, 7) is 0. The van der Waals surface area contributed by atoms with Crippen LogP contribution in [0, 0.1) is 17.7 Å². The van der Waals surface area contributed by atoms with E-state index >= 15 is 0 Å². The fourth-order valence-electron chi connectivity index (χ4n) is 4.48. The summed E-state index contributed by atoms with van der Waals surface area (Å²) in [4.78, 5) is 10.6. The maximum Gasteiger partial charge on any atom is 0.303 e. The summed E-state index contributed by atoms with van der Waals surface area (Å²) in [5.74, 6) is -1.24. The monoisotopic (exact) mass is 438 g/mol. The molecule has 0 bridgehead atoms. The zero-order valence-electron chi connectivity index (χ0n) is 18.1. The molecule has 5 unspecified atom stereocenters. The molecule has 0 spiro atoms. The predicted molar refractivity (Wildman–Crippen MR) is 116 cm³/mol. The second kappa shape index (κ2) is 12.8. The predicted octanol–water partition coefficient (Wildman–Crippen LogP) is 3.77. The van der Waals surface area contributed by atoms with Crippen molar-refractivity contribution >= 4 is 12.0 Å². The number of hydrogen-bond acceptors (Lipinski definition) is 5. The highest BCUT2D eigenvalue weighted by Gasteiger charge is 2.40. The van der Waals surface area contributed by atoms with E-state index in [4.69, 9.17) is 9.84 Å². The van der Waals surface area contributed by atoms with Crippen LogP contribution < -0.4 is 4.74 Å². The van der Waals surface area contributed by atoms with E-state index < -0.39 is 30.1 Å². The number of carboxylic acid groups (broad SMARTS) is 1. The van der Waals surface area contributed by atoms with Gasteiger partial charge in [-0.2, -0.15) is 0 Å². The Bertz CT molecular complexity index is 722. The molecule has 6 nitrogen and oxygen atoms in total. The Kier molecular flexibility index (Phi) is 10.4. The van der Waals surface area contributed by atoms with Crippen molar-refractivity contribution in [3.8, 4) is 5.75 Å². The van der Waals surface area contributed by atoms with Gasteiger partial charge in [0.05, 0.1) is 25.4 Å². The van der Waals surface area contributed by atoms with Crippen molar-refractivity contribution in [1.29, 1.82) is 0 Å². The normalized spacial score (nSPS) is 24.5. The lowest BCUT2D eigenvalue weighted by Crippen LogP contribution is -2.23. The smallest absolute Gasteiger partial charge is 0.303 e. The molecule has 5 atom stereocenters. The molecule has 1 fully saturated rings. The number of halogens is 1. The largest absolute Gasteiger partial charge is 0.494 e. The molecule has 7 heteroatoms. The number of methoxy groups -OCH3 is 1. The molecule has 1 aromatic carbocycles. The Balaban J connectivity index is 1.82. The highest BCUT2D eigenvalue weighted by molar-refractivity contribution is 5.66. The Labute approximate surface area is 183 Å². The van der Waals surface area contributed by atoms with Gasteiger partial charge in [-0.1, -0.05) is 43.5 Å². The molecular weight excluding hydrogens is 403 g/mol. The number of benzene rings is 1. The van der Waals surface area contributed by atoms with Crippen molar-refractivity contribution in [1.82, 2.24) is 0 Å². The first-order valence-corrected chi connectivity index (χ1v) is 11.1. The van der Waals surface area contributed by atoms with Crippen LogP contribution >= 0.6 is 0 Å². The molecule has 0 heterocycles. The maximum absolute atomic E-state index is 14.2. The Morgan fingerprint density at radius 3 is 2.52 bits per heavy atom. The fraction of sp³-hybridized carbons (Fsp3) is 0.625. The molecule has 0 radical (unpaired) electrons. The molecule has 0 aliphatic heterocycles. The molecule has 0 aromatic heterocycles. The number of rotatable bonds is 13. The number of carboxylic acids is 1. The number of unbranched alkanes of at least 4 members (excludes halogenated alkanes) is 3. The van der Waals surface area contributed by atoms with Gasteiger partial charge in [-0.3, -0.25) is 4.79 Å². The van der Waals surface area contributed by atoms with Crippen LogP contribution in [0.3, 0.4) is 0 Å². The van der Waals surface area contributed by atoms with E-state index in [2.05, 4.69) is 0 Å². The number of ether oxygens (including phenoxy) is 1. The van der Waals surface area contributed by atoms with E-state index in [1.807, 2.05) is 0 Å². The Hall–Kier alpha value is -1.96. The summed E-state index contributed by atoms with van der Waals surface area (Å²) in [5, 5.41) is 39.7. The highest BCUT2D eigenvalue weighted by Crippen LogP contribution is 2.39. The van der Waals surface area contributed by atoms with Crippen LogP contribution in [-0.4, -0.2) is 51.8 Å². The van der Waals surface area contributed by atoms with Crippen molar-refractivity contribution in [2.24, 2.45) is 11.8 Å². The van der Waals surface area contributed by atoms with Gasteiger partial charge in [-0.05, 0) is 50.0 Å². The second-order valence-electron chi connectivity index (χ2n) is 8.41. The van der Waals surface area contributed by atoms with Crippen LogP contribution in [0.15, 0.2) is 24.3 Å². The molecule has 31 heavy (non-hydrogen) atoms. The van der Waals surface area contributed by atoms with Gasteiger partial charge in [-0.15, -0.1) is 0 Å². The fourth-order valence-corrected chi connectivity index (χ4v) is 4.48. The summed E-state index contributed by atoms with van der Waals surface area (Å²) in [7, 11) is 1.40. The SMILES string of the molecule is COc1cccc(C=CC(O)CCC2C(O)CC(O)C2CCCCCCC(=O)O)c1F. The number of hydrogen-bond donors (Lipinski definition) is 4. The minimum Gasteiger partial charge on any atom is -0.494 e. The van der Waals surface area contributed by atoms with Crippen LogP contribution in [0.2, 0.25) is 0 Å². The molecule has 1 aliphatic carbocycles. The van der Waals surface area contributed by atoms with Crippen LogP contribution in [0.1, 0.15) is 63.4 Å². The number of aliphatic hydroxyl groups excluding tert-OH is 3. The van der Waals surface area contributed by atoms with E-state index in [1.165, 1.54) is 25.3 Å². The average Bonchev–Trinajstić information content (AvgIpc) is 3.00. The van der Waals surface area contributed by atoms with E-state index in [0.717, 1.165) is 25.7 Å². The van der Waals surface area contributed by atoms with Crippen molar-refractivity contribution in [2.45, 2.75) is 76.1 Å². The summed E-state index contributed by atoms with van der Waals surface area (Å²) < 4.78 is 19.1. The summed E-state index contributed by atoms with van der Waals surface area (Å²) in [5.41, 5.74) is 0.329. The lowest BCUT2D eigenvalue weighted by Gasteiger charge is -2.24. The van der Waals surface area contributed by atoms with Crippen LogP contribution in [0.5, 0.6) is 5.75 Å². The first-order valence-electron chi connectivity index (χ1n) is 11.1. The van der Waals surface area contributed by atoms with Crippen LogP contribution in [-0.2, 0) is 4.79 Å². The lowest BCUT2D eigenvalue weighted by molar-refractivity contribution is -0.137. The molecule has 1 saturated carbocycles. The molecule has 1 aromatic rings. The van der Waals surface area contributed by atoms with Gasteiger partial charge >= 0.3 is 5.97 Å². The average molecular weight is 439 g/mol. The van der Waals surface area contributed by atoms with Crippen molar-refractivity contribution in [3.63, 3.8) is 0 Å². The Morgan fingerprint density at radius 1 is 1.16 bits per heavy atom. The summed E-state index contributed by atoms with van der Waals surface area (Å²) in [6, 6.07) is 4.81. The molecule has 174 valence electrons. The quantitative estimate of drug-likeness (QED) is 0.349. The van der Waals surface area contributed by atoms with Crippen molar-refractivity contribution < 1.29 is 34.3 Å². The molecule has 0 saturated heterocycles. The molecule has 0 amide bonds. The van der Waals surface area contributed by atoms with Gasteiger partial charge in [0.1, 0.15) is 0 Å². The summed E-state index contributed by atoms with van der Waals surface area (Å²) in [6.07, 6.45) is 6.66. The van der Waals surface area contributed by atoms with Gasteiger partial charge in [-0.25, -0.2) is 4.39 Å². The van der Waals surface area contributed by atoms with E-state index in [9.17, 15) is 24.5 Å². The standard InChI is InChI=1S/C24H35FO6/c1-31-22-9-6-7-16(24(22)25)11-12-17(26)13-14-19-18(20(27)15-21(19)28)8-4-2-3-5-10-23(29)30/h6-7,9,11-12,17-21,26-28H,2-5,8,10,13-15H2,1H3,(H,29,30). The zero-order chi connectivity index (χ0) is 22.8. The number of carbonyl (C=O) groups is 1. The van der Waals surface area contributed by atoms with Crippen LogP contribution in [0.4, 0.5) is 4.39 Å². The molecule has 1 aliphatic rings. The minimum atomic E-state index is -0.785. The van der Waals surface area contributed by atoms with Gasteiger partial charge < -0.3 is 25.2 Å². The third-order valence-electron chi connectivity index (χ3n) is 6.21. The molecular formula is C24H35FO6.